The molecule has 1 unspecified atom stereocenters. The predicted octanol–water partition coefficient (Wildman–Crippen LogP) is 4.04. The summed E-state index contributed by atoms with van der Waals surface area (Å²) in [4.78, 5) is 29.9. The number of nitrogens with zero attached hydrogens (tertiary/aromatic N) is 4. The lowest BCUT2D eigenvalue weighted by Crippen LogP contribution is -2.38. The molecule has 2 amide bonds. The molecule has 1 aromatic carbocycles. The molecule has 1 saturated heterocycles. The molecule has 0 radical (unpaired) electrons. The summed E-state index contributed by atoms with van der Waals surface area (Å²) < 4.78 is 27.1. The number of halogens is 1. The van der Waals surface area contributed by atoms with E-state index >= 15 is 0 Å². The minimum Gasteiger partial charge on any atom is -0.444 e. The summed E-state index contributed by atoms with van der Waals surface area (Å²) in [6, 6.07) is 6.36. The summed E-state index contributed by atoms with van der Waals surface area (Å²) in [6.07, 6.45) is 1.75. The number of carbonyl (C=O) groups is 2. The van der Waals surface area contributed by atoms with Crippen molar-refractivity contribution in [1.82, 2.24) is 20.1 Å². The van der Waals surface area contributed by atoms with Crippen molar-refractivity contribution in [3.05, 3.63) is 53.6 Å². The summed E-state index contributed by atoms with van der Waals surface area (Å²) in [5.74, 6) is -0.490. The van der Waals surface area contributed by atoms with Gasteiger partial charge in [-0.25, -0.2) is 19.0 Å². The first-order valence-electron chi connectivity index (χ1n) is 10.3. The minimum atomic E-state index is -0.626. The second-order valence-corrected chi connectivity index (χ2v) is 9.37. The van der Waals surface area contributed by atoms with E-state index in [0.29, 0.717) is 22.8 Å². The fraction of sp³-hybridized carbons (Fsp3) is 0.364. The SMILES string of the molecule is CC(C)(C)OC(=O)NCC1CN(c2ccc(-c3nc(Cn4cccn4)cs3)c(F)c2)C(=O)O1. The van der Waals surface area contributed by atoms with E-state index in [2.05, 4.69) is 15.4 Å². The largest absolute Gasteiger partial charge is 0.444 e. The van der Waals surface area contributed by atoms with Gasteiger partial charge < -0.3 is 14.8 Å². The first-order chi connectivity index (χ1) is 15.7. The third-order valence-electron chi connectivity index (χ3n) is 4.68. The van der Waals surface area contributed by atoms with Gasteiger partial charge >= 0.3 is 12.2 Å². The number of hydrogen-bond donors (Lipinski definition) is 1. The fourth-order valence-electron chi connectivity index (χ4n) is 3.26. The molecule has 0 bridgehead atoms. The zero-order chi connectivity index (χ0) is 23.6. The molecule has 3 heterocycles. The van der Waals surface area contributed by atoms with Crippen LogP contribution < -0.4 is 10.2 Å². The maximum absolute atomic E-state index is 14.9. The summed E-state index contributed by atoms with van der Waals surface area (Å²) in [5, 5.41) is 9.14. The normalized spacial score (nSPS) is 16.1. The molecule has 1 aliphatic heterocycles. The first-order valence-corrected chi connectivity index (χ1v) is 11.2. The van der Waals surface area contributed by atoms with Crippen molar-refractivity contribution < 1.29 is 23.5 Å². The van der Waals surface area contributed by atoms with Crippen molar-refractivity contribution in [2.75, 3.05) is 18.0 Å². The van der Waals surface area contributed by atoms with E-state index in [-0.39, 0.29) is 13.1 Å². The highest BCUT2D eigenvalue weighted by atomic mass is 32.1. The van der Waals surface area contributed by atoms with Crippen LogP contribution in [0.15, 0.2) is 42.0 Å². The third-order valence-corrected chi connectivity index (χ3v) is 5.60. The van der Waals surface area contributed by atoms with Gasteiger partial charge in [0.1, 0.15) is 22.5 Å². The Morgan fingerprint density at radius 2 is 2.21 bits per heavy atom. The standard InChI is InChI=1S/C22H24FN5O4S/c1-22(2,3)32-20(29)24-10-16-12-28(21(30)31-16)15-5-6-17(18(23)9-15)19-26-14(13-33-19)11-27-8-4-7-25-27/h4-9,13,16H,10-12H2,1-3H3,(H,24,29). The minimum absolute atomic E-state index is 0.0931. The van der Waals surface area contributed by atoms with Gasteiger partial charge in [-0.1, -0.05) is 0 Å². The molecule has 0 saturated carbocycles. The lowest BCUT2D eigenvalue weighted by Gasteiger charge is -2.20. The summed E-state index contributed by atoms with van der Waals surface area (Å²) >= 11 is 1.34. The Hall–Kier alpha value is -3.47. The van der Waals surface area contributed by atoms with E-state index in [4.69, 9.17) is 9.47 Å². The van der Waals surface area contributed by atoms with Gasteiger partial charge in [-0.3, -0.25) is 9.58 Å². The number of hydrogen-bond acceptors (Lipinski definition) is 7. The van der Waals surface area contributed by atoms with Crippen molar-refractivity contribution in [2.45, 2.75) is 39.0 Å². The van der Waals surface area contributed by atoms with Crippen LogP contribution in [0.3, 0.4) is 0 Å². The van der Waals surface area contributed by atoms with Gasteiger partial charge in [0.15, 0.2) is 0 Å². The van der Waals surface area contributed by atoms with Crippen LogP contribution in [0.2, 0.25) is 0 Å². The van der Waals surface area contributed by atoms with Crippen LogP contribution in [-0.4, -0.2) is 51.7 Å². The molecule has 174 valence electrons. The van der Waals surface area contributed by atoms with E-state index in [1.165, 1.54) is 22.3 Å². The van der Waals surface area contributed by atoms with Crippen LogP contribution in [0, 0.1) is 5.82 Å². The molecule has 1 N–H and O–H groups in total. The van der Waals surface area contributed by atoms with Gasteiger partial charge in [0.25, 0.3) is 0 Å². The monoisotopic (exact) mass is 473 g/mol. The number of aromatic nitrogens is 3. The van der Waals surface area contributed by atoms with Crippen LogP contribution in [0.1, 0.15) is 26.5 Å². The molecule has 1 aliphatic rings. The van der Waals surface area contributed by atoms with Gasteiger partial charge in [0, 0.05) is 23.3 Å². The summed E-state index contributed by atoms with van der Waals surface area (Å²) in [7, 11) is 0. The van der Waals surface area contributed by atoms with Crippen molar-refractivity contribution in [1.29, 1.82) is 0 Å². The maximum atomic E-state index is 14.9. The number of ether oxygens (including phenoxy) is 2. The number of amides is 2. The average Bonchev–Trinajstić information content (AvgIpc) is 3.47. The molecular weight excluding hydrogens is 449 g/mol. The highest BCUT2D eigenvalue weighted by Crippen LogP contribution is 2.31. The molecule has 1 atom stereocenters. The quantitative estimate of drug-likeness (QED) is 0.580. The van der Waals surface area contributed by atoms with E-state index in [9.17, 15) is 14.0 Å². The summed E-state index contributed by atoms with van der Waals surface area (Å²) in [5.41, 5.74) is 0.880. The van der Waals surface area contributed by atoms with E-state index < -0.39 is 29.7 Å². The number of benzene rings is 1. The molecule has 1 fully saturated rings. The molecule has 4 rings (SSSR count). The van der Waals surface area contributed by atoms with Crippen LogP contribution in [0.4, 0.5) is 19.7 Å². The molecule has 9 nitrogen and oxygen atoms in total. The Bertz CT molecular complexity index is 1140. The van der Waals surface area contributed by atoms with Gasteiger partial charge in [0.2, 0.25) is 0 Å². The van der Waals surface area contributed by atoms with E-state index in [0.717, 1.165) is 5.69 Å². The third kappa shape index (κ3) is 5.67. The molecule has 11 heteroatoms. The molecule has 0 spiro atoms. The zero-order valence-corrected chi connectivity index (χ0v) is 19.3. The molecule has 33 heavy (non-hydrogen) atoms. The molecular formula is C22H24FN5O4S. The van der Waals surface area contributed by atoms with Crippen LogP contribution in [0.25, 0.3) is 10.6 Å². The lowest BCUT2D eigenvalue weighted by atomic mass is 10.2. The Kier molecular flexibility index (Phi) is 6.32. The maximum Gasteiger partial charge on any atom is 0.414 e. The van der Waals surface area contributed by atoms with E-state index in [1.807, 2.05) is 17.6 Å². The Labute approximate surface area is 194 Å². The van der Waals surface area contributed by atoms with E-state index in [1.54, 1.807) is 43.8 Å². The topological polar surface area (TPSA) is 98.6 Å². The lowest BCUT2D eigenvalue weighted by molar-refractivity contribution is 0.0496. The zero-order valence-electron chi connectivity index (χ0n) is 18.4. The smallest absolute Gasteiger partial charge is 0.414 e. The Morgan fingerprint density at radius 3 is 2.91 bits per heavy atom. The second-order valence-electron chi connectivity index (χ2n) is 8.51. The number of alkyl carbamates (subject to hydrolysis) is 1. The number of rotatable bonds is 6. The van der Waals surface area contributed by atoms with Gasteiger partial charge in [-0.05, 0) is 45.0 Å². The van der Waals surface area contributed by atoms with Crippen molar-refractivity contribution in [3.8, 4) is 10.6 Å². The second kappa shape index (κ2) is 9.18. The number of thiazole rings is 1. The van der Waals surface area contributed by atoms with Crippen molar-refractivity contribution >= 4 is 29.2 Å². The van der Waals surface area contributed by atoms with Crippen molar-refractivity contribution in [3.63, 3.8) is 0 Å². The predicted molar refractivity (Wildman–Crippen MR) is 121 cm³/mol. The van der Waals surface area contributed by atoms with Gasteiger partial charge in [-0.15, -0.1) is 11.3 Å². The number of anilines is 1. The number of nitrogens with one attached hydrogen (secondary N) is 1. The number of cyclic esters (lactones) is 1. The highest BCUT2D eigenvalue weighted by molar-refractivity contribution is 7.13. The Balaban J connectivity index is 1.39. The van der Waals surface area contributed by atoms with Crippen LogP contribution in [0.5, 0.6) is 0 Å². The average molecular weight is 474 g/mol. The highest BCUT2D eigenvalue weighted by Gasteiger charge is 2.33. The van der Waals surface area contributed by atoms with Gasteiger partial charge in [0.05, 0.1) is 31.0 Å². The Morgan fingerprint density at radius 1 is 1.39 bits per heavy atom. The summed E-state index contributed by atoms with van der Waals surface area (Å²) in [6.45, 7) is 6.05. The fourth-order valence-corrected chi connectivity index (χ4v) is 4.10. The molecule has 3 aromatic rings. The molecule has 2 aromatic heterocycles. The van der Waals surface area contributed by atoms with Crippen molar-refractivity contribution in [2.24, 2.45) is 0 Å². The van der Waals surface area contributed by atoms with Crippen LogP contribution >= 0.6 is 11.3 Å². The van der Waals surface area contributed by atoms with Crippen LogP contribution in [-0.2, 0) is 16.0 Å². The first kappa shape index (κ1) is 22.7. The van der Waals surface area contributed by atoms with Gasteiger partial charge in [-0.2, -0.15) is 5.10 Å². The number of carbonyl (C=O) groups excluding carboxylic acids is 2. The molecule has 0 aliphatic carbocycles.